The summed E-state index contributed by atoms with van der Waals surface area (Å²) in [6.07, 6.45) is 5.60. The molecular weight excluding hydrogens is 430 g/mol. The number of aromatic nitrogens is 5. The van der Waals surface area contributed by atoms with Gasteiger partial charge in [0.25, 0.3) is 5.56 Å². The lowest BCUT2D eigenvalue weighted by atomic mass is 10.1. The van der Waals surface area contributed by atoms with Crippen LogP contribution in [0.25, 0.3) is 11.2 Å². The van der Waals surface area contributed by atoms with Gasteiger partial charge in [0.2, 0.25) is 0 Å². The third kappa shape index (κ3) is 4.88. The summed E-state index contributed by atoms with van der Waals surface area (Å²) in [6, 6.07) is 9.94. The lowest BCUT2D eigenvalue weighted by Gasteiger charge is -2.23. The standard InChI is InChI=1S/C22H21N5O2S2/c1-22(2,16(28)14-17-23-11-13-30-17)31-21-26-19-18(24-9-10-25-19)20(29)27(21)12-8-15-6-4-3-5-7-15/h3-7,9-11,13H,8,12,14H2,1-2H3. The molecule has 4 rings (SSSR count). The van der Waals surface area contributed by atoms with E-state index in [9.17, 15) is 9.59 Å². The summed E-state index contributed by atoms with van der Waals surface area (Å²) >= 11 is 2.73. The van der Waals surface area contributed by atoms with Crippen LogP contribution < -0.4 is 5.56 Å². The zero-order valence-electron chi connectivity index (χ0n) is 17.2. The van der Waals surface area contributed by atoms with E-state index in [1.807, 2.05) is 49.6 Å². The third-order valence-electron chi connectivity index (χ3n) is 4.84. The second-order valence-electron chi connectivity index (χ2n) is 7.45. The van der Waals surface area contributed by atoms with E-state index in [-0.39, 0.29) is 28.9 Å². The molecule has 0 amide bonds. The average Bonchev–Trinajstić information content (AvgIpc) is 3.27. The molecule has 0 N–H and O–H groups in total. The van der Waals surface area contributed by atoms with Crippen molar-refractivity contribution < 1.29 is 4.79 Å². The summed E-state index contributed by atoms with van der Waals surface area (Å²) in [7, 11) is 0. The second-order valence-corrected chi connectivity index (χ2v) is 10.0. The van der Waals surface area contributed by atoms with Crippen molar-refractivity contribution in [2.24, 2.45) is 0 Å². The van der Waals surface area contributed by atoms with Gasteiger partial charge in [-0.15, -0.1) is 11.3 Å². The molecule has 0 spiro atoms. The fraction of sp³-hybridized carbons (Fsp3) is 0.273. The van der Waals surface area contributed by atoms with Crippen molar-refractivity contribution >= 4 is 40.0 Å². The minimum Gasteiger partial charge on any atom is -0.298 e. The summed E-state index contributed by atoms with van der Waals surface area (Å²) in [4.78, 5) is 43.4. The van der Waals surface area contributed by atoms with E-state index >= 15 is 0 Å². The molecule has 0 aliphatic carbocycles. The number of hydrogen-bond donors (Lipinski definition) is 0. The van der Waals surface area contributed by atoms with Gasteiger partial charge in [-0.3, -0.25) is 14.2 Å². The molecule has 1 aromatic carbocycles. The molecule has 0 fully saturated rings. The summed E-state index contributed by atoms with van der Waals surface area (Å²) in [5.74, 6) is 0.0237. The topological polar surface area (TPSA) is 90.6 Å². The molecule has 4 aromatic rings. The number of hydrogen-bond acceptors (Lipinski definition) is 8. The minimum atomic E-state index is -0.796. The van der Waals surface area contributed by atoms with Crippen LogP contribution in [0.2, 0.25) is 0 Å². The van der Waals surface area contributed by atoms with Crippen LogP contribution in [0, 0.1) is 0 Å². The number of carbonyl (C=O) groups is 1. The number of ketones is 1. The first kappa shape index (κ1) is 21.3. The van der Waals surface area contributed by atoms with E-state index in [2.05, 4.69) is 19.9 Å². The van der Waals surface area contributed by atoms with Gasteiger partial charge >= 0.3 is 0 Å². The Kier molecular flexibility index (Phi) is 6.24. The first-order valence-corrected chi connectivity index (χ1v) is 11.5. The first-order valence-electron chi connectivity index (χ1n) is 9.80. The predicted molar refractivity (Wildman–Crippen MR) is 123 cm³/mol. The summed E-state index contributed by atoms with van der Waals surface area (Å²) in [5.41, 5.74) is 1.38. The van der Waals surface area contributed by atoms with Crippen LogP contribution in [0.15, 0.2) is 64.3 Å². The number of thiazole rings is 1. The average molecular weight is 452 g/mol. The van der Waals surface area contributed by atoms with Gasteiger partial charge < -0.3 is 0 Å². The van der Waals surface area contributed by atoms with Gasteiger partial charge in [0.15, 0.2) is 22.1 Å². The van der Waals surface area contributed by atoms with Crippen molar-refractivity contribution in [2.75, 3.05) is 0 Å². The highest BCUT2D eigenvalue weighted by molar-refractivity contribution is 8.01. The molecule has 158 valence electrons. The highest BCUT2D eigenvalue weighted by Crippen LogP contribution is 2.33. The molecule has 0 aliphatic heterocycles. The molecule has 0 radical (unpaired) electrons. The number of nitrogens with zero attached hydrogens (tertiary/aromatic N) is 5. The molecule has 0 saturated heterocycles. The Morgan fingerprint density at radius 2 is 1.87 bits per heavy atom. The number of fused-ring (bicyclic) bond motifs is 1. The smallest absolute Gasteiger partial charge is 0.282 e. The van der Waals surface area contributed by atoms with E-state index in [4.69, 9.17) is 0 Å². The normalized spacial score (nSPS) is 11.7. The van der Waals surface area contributed by atoms with Gasteiger partial charge in [-0.1, -0.05) is 42.1 Å². The van der Waals surface area contributed by atoms with E-state index in [1.165, 1.54) is 35.5 Å². The van der Waals surface area contributed by atoms with Crippen LogP contribution >= 0.6 is 23.1 Å². The Balaban J connectivity index is 1.67. The number of rotatable bonds is 8. The van der Waals surface area contributed by atoms with Gasteiger partial charge in [0, 0.05) is 30.5 Å². The van der Waals surface area contributed by atoms with Crippen LogP contribution in [0.3, 0.4) is 0 Å². The second kappa shape index (κ2) is 9.07. The lowest BCUT2D eigenvalue weighted by Crippen LogP contribution is -2.32. The van der Waals surface area contributed by atoms with Crippen LogP contribution in [0.4, 0.5) is 0 Å². The molecule has 0 atom stereocenters. The van der Waals surface area contributed by atoms with Crippen molar-refractivity contribution in [3.05, 3.63) is 75.2 Å². The van der Waals surface area contributed by atoms with Gasteiger partial charge in [0.1, 0.15) is 0 Å². The lowest BCUT2D eigenvalue weighted by molar-refractivity contribution is -0.119. The van der Waals surface area contributed by atoms with Crippen molar-refractivity contribution in [1.29, 1.82) is 0 Å². The minimum absolute atomic E-state index is 0.0237. The Morgan fingerprint density at radius 1 is 1.10 bits per heavy atom. The maximum absolute atomic E-state index is 13.2. The molecular formula is C22H21N5O2S2. The van der Waals surface area contributed by atoms with E-state index in [0.29, 0.717) is 18.1 Å². The van der Waals surface area contributed by atoms with Crippen molar-refractivity contribution in [1.82, 2.24) is 24.5 Å². The van der Waals surface area contributed by atoms with Crippen molar-refractivity contribution in [3.63, 3.8) is 0 Å². The maximum atomic E-state index is 13.2. The van der Waals surface area contributed by atoms with Gasteiger partial charge in [-0.25, -0.2) is 19.9 Å². The zero-order valence-corrected chi connectivity index (χ0v) is 18.8. The maximum Gasteiger partial charge on any atom is 0.282 e. The van der Waals surface area contributed by atoms with Crippen LogP contribution in [0.5, 0.6) is 0 Å². The molecule has 0 bridgehead atoms. The van der Waals surface area contributed by atoms with Crippen LogP contribution in [-0.4, -0.2) is 35.0 Å². The quantitative estimate of drug-likeness (QED) is 0.299. The number of Topliss-reactive ketones (excluding diaryl/α,β-unsaturated/α-hetero) is 1. The molecule has 7 nitrogen and oxygen atoms in total. The number of carbonyl (C=O) groups excluding carboxylic acids is 1. The molecule has 0 aliphatic rings. The van der Waals surface area contributed by atoms with Gasteiger partial charge in [0.05, 0.1) is 16.2 Å². The Hall–Kier alpha value is -2.91. The van der Waals surface area contributed by atoms with Crippen molar-refractivity contribution in [2.45, 2.75) is 43.1 Å². The highest BCUT2D eigenvalue weighted by Gasteiger charge is 2.31. The van der Waals surface area contributed by atoms with Crippen LogP contribution in [-0.2, 0) is 24.2 Å². The molecule has 31 heavy (non-hydrogen) atoms. The number of benzene rings is 1. The number of aryl methyl sites for hydroxylation is 1. The fourth-order valence-electron chi connectivity index (χ4n) is 3.07. The van der Waals surface area contributed by atoms with Crippen LogP contribution in [0.1, 0.15) is 24.4 Å². The van der Waals surface area contributed by atoms with Gasteiger partial charge in [-0.2, -0.15) is 0 Å². The van der Waals surface area contributed by atoms with Crippen molar-refractivity contribution in [3.8, 4) is 0 Å². The van der Waals surface area contributed by atoms with E-state index in [1.54, 1.807) is 10.8 Å². The third-order valence-corrected chi connectivity index (χ3v) is 6.85. The van der Waals surface area contributed by atoms with E-state index in [0.717, 1.165) is 10.6 Å². The first-order chi connectivity index (χ1) is 14.9. The SMILES string of the molecule is CC(C)(Sc1nc2nccnc2c(=O)n1CCc1ccccc1)C(=O)Cc1nccs1. The highest BCUT2D eigenvalue weighted by atomic mass is 32.2. The molecule has 9 heteroatoms. The molecule has 0 saturated carbocycles. The monoisotopic (exact) mass is 451 g/mol. The summed E-state index contributed by atoms with van der Waals surface area (Å²) in [6.45, 7) is 4.13. The molecule has 3 heterocycles. The fourth-order valence-corrected chi connectivity index (χ4v) is 4.74. The Morgan fingerprint density at radius 3 is 2.61 bits per heavy atom. The van der Waals surface area contributed by atoms with E-state index < -0.39 is 4.75 Å². The summed E-state index contributed by atoms with van der Waals surface area (Å²) < 4.78 is 0.808. The Bertz CT molecular complexity index is 1250. The van der Waals surface area contributed by atoms with Gasteiger partial charge in [-0.05, 0) is 25.8 Å². The summed E-state index contributed by atoms with van der Waals surface area (Å²) in [5, 5.41) is 3.09. The zero-order chi connectivity index (χ0) is 21.8. The predicted octanol–water partition coefficient (Wildman–Crippen LogP) is 3.57. The molecule has 0 unspecified atom stereocenters. The number of thioether (sulfide) groups is 1. The molecule has 3 aromatic heterocycles. The Labute approximate surface area is 187 Å². The largest absolute Gasteiger partial charge is 0.298 e.